The van der Waals surface area contributed by atoms with E-state index in [1.54, 1.807) is 0 Å². The van der Waals surface area contributed by atoms with E-state index < -0.39 is 0 Å². The van der Waals surface area contributed by atoms with Crippen LogP contribution in [0.2, 0.25) is 0 Å². The number of aliphatic imine (C=N–C) groups is 1. The average molecular weight is 248 g/mol. The summed E-state index contributed by atoms with van der Waals surface area (Å²) in [7, 11) is 0. The van der Waals surface area contributed by atoms with Crippen molar-refractivity contribution in [1.82, 2.24) is 0 Å². The molecule has 0 aromatic heterocycles. The van der Waals surface area contributed by atoms with Gasteiger partial charge in [-0.25, -0.2) is 4.99 Å². The molecule has 0 heterocycles. The summed E-state index contributed by atoms with van der Waals surface area (Å²) in [4.78, 5) is 4.10. The lowest BCUT2D eigenvalue weighted by atomic mass is 10.1. The van der Waals surface area contributed by atoms with Gasteiger partial charge in [0.05, 0.1) is 6.61 Å². The van der Waals surface area contributed by atoms with Crippen molar-refractivity contribution in [3.63, 3.8) is 0 Å². The molecular formula is C13H20N4O. The molecule has 1 aromatic rings. The van der Waals surface area contributed by atoms with Gasteiger partial charge in [0.15, 0.2) is 0 Å². The van der Waals surface area contributed by atoms with Crippen molar-refractivity contribution in [2.75, 3.05) is 0 Å². The van der Waals surface area contributed by atoms with Crippen LogP contribution in [0.15, 0.2) is 41.5 Å². The first-order chi connectivity index (χ1) is 8.65. The van der Waals surface area contributed by atoms with Crippen molar-refractivity contribution < 1.29 is 4.74 Å². The van der Waals surface area contributed by atoms with Gasteiger partial charge in [0.25, 0.3) is 0 Å². The minimum atomic E-state index is -0.310. The molecule has 0 amide bonds. The van der Waals surface area contributed by atoms with E-state index >= 15 is 0 Å². The molecule has 98 valence electrons. The largest absolute Gasteiger partial charge is 0.404 e. The Morgan fingerprint density at radius 1 is 1.33 bits per heavy atom. The number of benzene rings is 1. The zero-order valence-corrected chi connectivity index (χ0v) is 10.5. The molecular weight excluding hydrogens is 228 g/mol. The van der Waals surface area contributed by atoms with Crippen LogP contribution in [0.1, 0.15) is 18.1 Å². The number of amidine groups is 1. The second-order valence-electron chi connectivity index (χ2n) is 3.84. The van der Waals surface area contributed by atoms with Crippen LogP contribution in [-0.4, -0.2) is 12.1 Å². The number of ether oxygens (including phenoxy) is 1. The Morgan fingerprint density at radius 3 is 2.50 bits per heavy atom. The van der Waals surface area contributed by atoms with Crippen LogP contribution in [0, 0.1) is 0 Å². The molecule has 5 nitrogen and oxygen atoms in total. The van der Waals surface area contributed by atoms with Gasteiger partial charge in [-0.3, -0.25) is 0 Å². The van der Waals surface area contributed by atoms with Gasteiger partial charge in [0.2, 0.25) is 0 Å². The normalized spacial score (nSPS) is 14.0. The number of nitrogens with two attached hydrogens (primary N) is 3. The SMILES string of the molecule is CC(N=C(N)/C=C\N)OCc1ccc(CN)cc1. The van der Waals surface area contributed by atoms with Crippen LogP contribution >= 0.6 is 0 Å². The van der Waals surface area contributed by atoms with Gasteiger partial charge in [-0.1, -0.05) is 24.3 Å². The van der Waals surface area contributed by atoms with E-state index in [0.29, 0.717) is 19.0 Å². The predicted molar refractivity (Wildman–Crippen MR) is 73.5 cm³/mol. The van der Waals surface area contributed by atoms with Gasteiger partial charge in [-0.05, 0) is 30.3 Å². The maximum atomic E-state index is 5.58. The van der Waals surface area contributed by atoms with Crippen molar-refractivity contribution in [3.05, 3.63) is 47.7 Å². The van der Waals surface area contributed by atoms with E-state index in [9.17, 15) is 0 Å². The molecule has 1 atom stereocenters. The van der Waals surface area contributed by atoms with Crippen molar-refractivity contribution in [1.29, 1.82) is 0 Å². The van der Waals surface area contributed by atoms with E-state index in [1.807, 2.05) is 31.2 Å². The minimum Gasteiger partial charge on any atom is -0.404 e. The van der Waals surface area contributed by atoms with E-state index in [-0.39, 0.29) is 6.23 Å². The monoisotopic (exact) mass is 248 g/mol. The van der Waals surface area contributed by atoms with Crippen molar-refractivity contribution in [2.45, 2.75) is 26.3 Å². The number of rotatable bonds is 6. The van der Waals surface area contributed by atoms with Crippen LogP contribution in [-0.2, 0) is 17.9 Å². The number of hydrogen-bond acceptors (Lipinski definition) is 4. The lowest BCUT2D eigenvalue weighted by Gasteiger charge is -2.09. The molecule has 0 saturated heterocycles. The van der Waals surface area contributed by atoms with Crippen molar-refractivity contribution in [3.8, 4) is 0 Å². The van der Waals surface area contributed by atoms with E-state index in [4.69, 9.17) is 21.9 Å². The van der Waals surface area contributed by atoms with E-state index in [0.717, 1.165) is 11.1 Å². The molecule has 0 fully saturated rings. The van der Waals surface area contributed by atoms with Crippen LogP contribution in [0.3, 0.4) is 0 Å². The molecule has 0 aliphatic carbocycles. The third kappa shape index (κ3) is 4.99. The van der Waals surface area contributed by atoms with Gasteiger partial charge in [-0.15, -0.1) is 0 Å². The summed E-state index contributed by atoms with van der Waals surface area (Å²) in [6.07, 6.45) is 2.56. The topological polar surface area (TPSA) is 99.6 Å². The molecule has 1 aromatic carbocycles. The Labute approximate surface area is 107 Å². The maximum absolute atomic E-state index is 5.58. The Bertz CT molecular complexity index is 412. The summed E-state index contributed by atoms with van der Waals surface area (Å²) in [5, 5.41) is 0. The Balaban J connectivity index is 2.46. The Kier molecular flexibility index (Phi) is 5.90. The van der Waals surface area contributed by atoms with Gasteiger partial charge in [0, 0.05) is 6.54 Å². The first kappa shape index (κ1) is 14.2. The lowest BCUT2D eigenvalue weighted by Crippen LogP contribution is -2.15. The molecule has 5 heteroatoms. The Morgan fingerprint density at radius 2 is 1.94 bits per heavy atom. The molecule has 18 heavy (non-hydrogen) atoms. The van der Waals surface area contributed by atoms with E-state index in [1.165, 1.54) is 12.3 Å². The minimum absolute atomic E-state index is 0.310. The zero-order valence-electron chi connectivity index (χ0n) is 10.5. The maximum Gasteiger partial charge on any atom is 0.148 e. The highest BCUT2D eigenvalue weighted by Crippen LogP contribution is 2.07. The average Bonchev–Trinajstić information content (AvgIpc) is 2.37. The molecule has 0 bridgehead atoms. The highest BCUT2D eigenvalue weighted by Gasteiger charge is 2.00. The summed E-state index contributed by atoms with van der Waals surface area (Å²) in [5.74, 6) is 0.350. The fourth-order valence-electron chi connectivity index (χ4n) is 1.38. The van der Waals surface area contributed by atoms with Gasteiger partial charge in [-0.2, -0.15) is 0 Å². The van der Waals surface area contributed by atoms with Crippen molar-refractivity contribution >= 4 is 5.84 Å². The number of nitrogens with zero attached hydrogens (tertiary/aromatic N) is 1. The molecule has 1 rings (SSSR count). The van der Waals surface area contributed by atoms with Gasteiger partial charge < -0.3 is 21.9 Å². The standard InChI is InChI=1S/C13H20N4O/c1-10(17-13(16)6-7-14)18-9-12-4-2-11(8-15)3-5-12/h2-7,10H,8-9,14-15H2,1H3,(H2,16,17)/b7-6-. The molecule has 1 unspecified atom stereocenters. The summed E-state index contributed by atoms with van der Waals surface area (Å²) in [6, 6.07) is 7.94. The zero-order chi connectivity index (χ0) is 13.4. The molecule has 0 aliphatic heterocycles. The fourth-order valence-corrected chi connectivity index (χ4v) is 1.38. The van der Waals surface area contributed by atoms with Crippen LogP contribution < -0.4 is 17.2 Å². The second-order valence-corrected chi connectivity index (χ2v) is 3.84. The smallest absolute Gasteiger partial charge is 0.148 e. The summed E-state index contributed by atoms with van der Waals surface area (Å²) >= 11 is 0. The first-order valence-corrected chi connectivity index (χ1v) is 5.76. The van der Waals surface area contributed by atoms with Crippen molar-refractivity contribution in [2.24, 2.45) is 22.2 Å². The molecule has 0 radical (unpaired) electrons. The predicted octanol–water partition coefficient (Wildman–Crippen LogP) is 0.838. The highest BCUT2D eigenvalue weighted by molar-refractivity contribution is 5.91. The first-order valence-electron chi connectivity index (χ1n) is 5.76. The number of hydrogen-bond donors (Lipinski definition) is 3. The Hall–Kier alpha value is -1.85. The molecule has 0 aliphatic rings. The summed E-state index contributed by atoms with van der Waals surface area (Å²) in [6.45, 7) is 2.85. The molecule has 6 N–H and O–H groups in total. The van der Waals surface area contributed by atoms with Gasteiger partial charge >= 0.3 is 0 Å². The summed E-state index contributed by atoms with van der Waals surface area (Å²) in [5.41, 5.74) is 18.5. The molecule has 0 spiro atoms. The highest BCUT2D eigenvalue weighted by atomic mass is 16.5. The van der Waals surface area contributed by atoms with Crippen LogP contribution in [0.4, 0.5) is 0 Å². The summed E-state index contributed by atoms with van der Waals surface area (Å²) < 4.78 is 5.55. The third-order valence-electron chi connectivity index (χ3n) is 2.35. The van der Waals surface area contributed by atoms with E-state index in [2.05, 4.69) is 4.99 Å². The molecule has 0 saturated carbocycles. The van der Waals surface area contributed by atoms with Crippen LogP contribution in [0.25, 0.3) is 0 Å². The quantitative estimate of drug-likeness (QED) is 0.513. The van der Waals surface area contributed by atoms with Gasteiger partial charge in [0.1, 0.15) is 12.1 Å². The van der Waals surface area contributed by atoms with Crippen LogP contribution in [0.5, 0.6) is 0 Å². The third-order valence-corrected chi connectivity index (χ3v) is 2.35. The second kappa shape index (κ2) is 7.47. The lowest BCUT2D eigenvalue weighted by molar-refractivity contribution is 0.0594. The fraction of sp³-hybridized carbons (Fsp3) is 0.308.